The van der Waals surface area contributed by atoms with E-state index >= 15 is 0 Å². The van der Waals surface area contributed by atoms with Crippen molar-refractivity contribution in [2.75, 3.05) is 18.0 Å². The number of fused-ring (bicyclic) bond motifs is 1. The number of carbonyl (C=O) groups is 1. The van der Waals surface area contributed by atoms with Crippen molar-refractivity contribution in [1.82, 2.24) is 15.3 Å². The Labute approximate surface area is 189 Å². The van der Waals surface area contributed by atoms with Gasteiger partial charge in [0.05, 0.1) is 12.0 Å². The van der Waals surface area contributed by atoms with E-state index in [0.717, 1.165) is 55.9 Å². The van der Waals surface area contributed by atoms with Crippen molar-refractivity contribution in [2.24, 2.45) is 5.92 Å². The molecule has 3 aromatic rings. The normalized spacial score (nSPS) is 20.5. The highest BCUT2D eigenvalue weighted by Gasteiger charge is 2.29. The van der Waals surface area contributed by atoms with E-state index in [1.165, 1.54) is 16.7 Å². The lowest BCUT2D eigenvalue weighted by Crippen LogP contribution is -2.44. The fourth-order valence-electron chi connectivity index (χ4n) is 4.96. The molecule has 2 aromatic carbocycles. The highest BCUT2D eigenvalue weighted by Crippen LogP contribution is 2.31. The predicted octanol–water partition coefficient (Wildman–Crippen LogP) is 4.86. The van der Waals surface area contributed by atoms with E-state index in [2.05, 4.69) is 70.7 Å². The van der Waals surface area contributed by atoms with Crippen molar-refractivity contribution in [1.29, 1.82) is 0 Å². The zero-order chi connectivity index (χ0) is 21.9. The Bertz CT molecular complexity index is 1090. The van der Waals surface area contributed by atoms with Crippen molar-refractivity contribution >= 4 is 11.7 Å². The molecule has 0 bridgehead atoms. The van der Waals surface area contributed by atoms with E-state index in [4.69, 9.17) is 4.98 Å². The standard InChI is InChI=1S/C27H30N4O/c1-19-11-13-21(14-12-19)26-28-16-15-25(30-26)31-17-5-8-22(18-31)27(32)29-24-10-4-7-20-6-2-3-9-23(20)24/h2-3,6,9,11-16,22,24H,4-5,7-8,10,17-18H2,1H3,(H,29,32)/t22-,24+/m0/s1. The van der Waals surface area contributed by atoms with Gasteiger partial charge in [0.1, 0.15) is 5.82 Å². The zero-order valence-electron chi connectivity index (χ0n) is 18.6. The molecule has 0 spiro atoms. The van der Waals surface area contributed by atoms with Gasteiger partial charge < -0.3 is 10.2 Å². The molecule has 1 amide bonds. The van der Waals surface area contributed by atoms with Crippen molar-refractivity contribution in [2.45, 2.75) is 45.1 Å². The molecule has 5 heteroatoms. The van der Waals surface area contributed by atoms with Crippen LogP contribution in [0.1, 0.15) is 48.4 Å². The quantitative estimate of drug-likeness (QED) is 0.647. The van der Waals surface area contributed by atoms with Crippen molar-refractivity contribution in [3.05, 3.63) is 77.5 Å². The lowest BCUT2D eigenvalue weighted by molar-refractivity contribution is -0.126. The largest absolute Gasteiger partial charge is 0.356 e. The molecule has 164 valence electrons. The average Bonchev–Trinajstić information content (AvgIpc) is 2.85. The number of hydrogen-bond acceptors (Lipinski definition) is 4. The molecule has 1 N–H and O–H groups in total. The van der Waals surface area contributed by atoms with Gasteiger partial charge in [0, 0.05) is 24.8 Å². The van der Waals surface area contributed by atoms with Crippen LogP contribution in [-0.2, 0) is 11.2 Å². The molecule has 1 saturated heterocycles. The van der Waals surface area contributed by atoms with Gasteiger partial charge in [-0.1, -0.05) is 54.1 Å². The Balaban J connectivity index is 1.28. The maximum atomic E-state index is 13.2. The van der Waals surface area contributed by atoms with Gasteiger partial charge in [-0.3, -0.25) is 4.79 Å². The predicted molar refractivity (Wildman–Crippen MR) is 127 cm³/mol. The van der Waals surface area contributed by atoms with Gasteiger partial charge in [-0.15, -0.1) is 0 Å². The van der Waals surface area contributed by atoms with Crippen molar-refractivity contribution in [3.8, 4) is 11.4 Å². The molecule has 0 saturated carbocycles. The summed E-state index contributed by atoms with van der Waals surface area (Å²) in [4.78, 5) is 24.7. The smallest absolute Gasteiger partial charge is 0.225 e. The molecule has 0 radical (unpaired) electrons. The Morgan fingerprint density at radius 2 is 1.88 bits per heavy atom. The summed E-state index contributed by atoms with van der Waals surface area (Å²) in [7, 11) is 0. The average molecular weight is 427 g/mol. The Kier molecular flexibility index (Phi) is 5.89. The third-order valence-corrected chi connectivity index (χ3v) is 6.75. The molecule has 5 nitrogen and oxygen atoms in total. The second kappa shape index (κ2) is 9.11. The van der Waals surface area contributed by atoms with Crippen LogP contribution in [0.25, 0.3) is 11.4 Å². The molecule has 1 aromatic heterocycles. The van der Waals surface area contributed by atoms with Crippen LogP contribution >= 0.6 is 0 Å². The summed E-state index contributed by atoms with van der Waals surface area (Å²) in [6, 6.07) is 18.9. The minimum Gasteiger partial charge on any atom is -0.356 e. The Morgan fingerprint density at radius 1 is 1.03 bits per heavy atom. The Morgan fingerprint density at radius 3 is 2.75 bits per heavy atom. The summed E-state index contributed by atoms with van der Waals surface area (Å²) in [6.45, 7) is 3.69. The summed E-state index contributed by atoms with van der Waals surface area (Å²) in [6.07, 6.45) is 6.99. The second-order valence-electron chi connectivity index (χ2n) is 9.04. The molecule has 2 atom stereocenters. The number of benzene rings is 2. The van der Waals surface area contributed by atoms with Gasteiger partial charge in [-0.2, -0.15) is 0 Å². The van der Waals surface area contributed by atoms with E-state index in [9.17, 15) is 4.79 Å². The van der Waals surface area contributed by atoms with Crippen LogP contribution in [0.4, 0.5) is 5.82 Å². The number of anilines is 1. The number of piperidine rings is 1. The number of rotatable bonds is 4. The van der Waals surface area contributed by atoms with Gasteiger partial charge in [0.2, 0.25) is 5.91 Å². The maximum absolute atomic E-state index is 13.2. The molecule has 0 unspecified atom stereocenters. The first-order chi connectivity index (χ1) is 15.7. The number of nitrogens with zero attached hydrogens (tertiary/aromatic N) is 3. The number of nitrogens with one attached hydrogen (secondary N) is 1. The van der Waals surface area contributed by atoms with Crippen LogP contribution in [0.5, 0.6) is 0 Å². The van der Waals surface area contributed by atoms with Gasteiger partial charge in [0.25, 0.3) is 0 Å². The van der Waals surface area contributed by atoms with Gasteiger partial charge in [0.15, 0.2) is 5.82 Å². The summed E-state index contributed by atoms with van der Waals surface area (Å²) in [5, 5.41) is 3.36. The molecule has 1 aliphatic carbocycles. The molecular formula is C27H30N4O. The number of aromatic nitrogens is 2. The van der Waals surface area contributed by atoms with Crippen molar-refractivity contribution in [3.63, 3.8) is 0 Å². The topological polar surface area (TPSA) is 58.1 Å². The number of hydrogen-bond donors (Lipinski definition) is 1. The minimum absolute atomic E-state index is 0.0179. The first kappa shape index (κ1) is 20.7. The van der Waals surface area contributed by atoms with Crippen LogP contribution in [0.2, 0.25) is 0 Å². The molecule has 32 heavy (non-hydrogen) atoms. The van der Waals surface area contributed by atoms with E-state index in [0.29, 0.717) is 6.54 Å². The minimum atomic E-state index is -0.0179. The Hall–Kier alpha value is -3.21. The van der Waals surface area contributed by atoms with E-state index in [-0.39, 0.29) is 17.9 Å². The third kappa shape index (κ3) is 4.38. The summed E-state index contributed by atoms with van der Waals surface area (Å²) in [5.74, 6) is 1.78. The summed E-state index contributed by atoms with van der Waals surface area (Å²) < 4.78 is 0. The van der Waals surface area contributed by atoms with Gasteiger partial charge >= 0.3 is 0 Å². The highest BCUT2D eigenvalue weighted by atomic mass is 16.2. The van der Waals surface area contributed by atoms with Crippen LogP contribution in [0.15, 0.2) is 60.8 Å². The maximum Gasteiger partial charge on any atom is 0.225 e. The molecule has 1 aliphatic heterocycles. The zero-order valence-corrected chi connectivity index (χ0v) is 18.6. The summed E-state index contributed by atoms with van der Waals surface area (Å²) in [5.41, 5.74) is 4.90. The van der Waals surface area contributed by atoms with E-state index in [1.54, 1.807) is 0 Å². The van der Waals surface area contributed by atoms with Crippen LogP contribution in [-0.4, -0.2) is 29.0 Å². The third-order valence-electron chi connectivity index (χ3n) is 6.75. The monoisotopic (exact) mass is 426 g/mol. The molecular weight excluding hydrogens is 396 g/mol. The number of amides is 1. The van der Waals surface area contributed by atoms with E-state index in [1.807, 2.05) is 12.3 Å². The fourth-order valence-corrected chi connectivity index (χ4v) is 4.96. The van der Waals surface area contributed by atoms with Crippen LogP contribution in [0.3, 0.4) is 0 Å². The summed E-state index contributed by atoms with van der Waals surface area (Å²) >= 11 is 0. The lowest BCUT2D eigenvalue weighted by atomic mass is 9.87. The molecule has 2 aliphatic rings. The van der Waals surface area contributed by atoms with Gasteiger partial charge in [-0.25, -0.2) is 9.97 Å². The molecule has 1 fully saturated rings. The second-order valence-corrected chi connectivity index (χ2v) is 9.04. The molecule has 2 heterocycles. The first-order valence-electron chi connectivity index (χ1n) is 11.7. The lowest BCUT2D eigenvalue weighted by Gasteiger charge is -2.34. The SMILES string of the molecule is Cc1ccc(-c2nccc(N3CCC[C@H](C(=O)N[C@@H]4CCCc5ccccc54)C3)n2)cc1. The first-order valence-corrected chi connectivity index (χ1v) is 11.7. The highest BCUT2D eigenvalue weighted by molar-refractivity contribution is 5.80. The number of carbonyl (C=O) groups excluding carboxylic acids is 1. The molecule has 5 rings (SSSR count). The van der Waals surface area contributed by atoms with E-state index < -0.39 is 0 Å². The fraction of sp³-hybridized carbons (Fsp3) is 0.370. The number of aryl methyl sites for hydroxylation is 2. The van der Waals surface area contributed by atoms with Crippen molar-refractivity contribution < 1.29 is 4.79 Å². The van der Waals surface area contributed by atoms with Crippen LogP contribution < -0.4 is 10.2 Å². The van der Waals surface area contributed by atoms with Gasteiger partial charge in [-0.05, 0) is 56.2 Å². The van der Waals surface area contributed by atoms with Crippen LogP contribution in [0, 0.1) is 12.8 Å².